The van der Waals surface area contributed by atoms with Gasteiger partial charge in [-0.25, -0.2) is 0 Å². The molecule has 1 aromatic heterocycles. The molecule has 0 radical (unpaired) electrons. The van der Waals surface area contributed by atoms with Crippen LogP contribution in [-0.4, -0.2) is 28.1 Å². The number of benzene rings is 1. The molecule has 4 heteroatoms. The Morgan fingerprint density at radius 1 is 1.44 bits per heavy atom. The third-order valence-corrected chi connectivity index (χ3v) is 2.66. The lowest BCUT2D eigenvalue weighted by atomic mass is 10.1. The van der Waals surface area contributed by atoms with E-state index in [1.54, 1.807) is 11.9 Å². The van der Waals surface area contributed by atoms with E-state index < -0.39 is 0 Å². The van der Waals surface area contributed by atoms with Crippen LogP contribution >= 0.6 is 0 Å². The molecule has 2 aromatic rings. The van der Waals surface area contributed by atoms with Crippen molar-refractivity contribution in [2.45, 2.75) is 6.54 Å². The van der Waals surface area contributed by atoms with Gasteiger partial charge in [-0.05, 0) is 12.1 Å². The summed E-state index contributed by atoms with van der Waals surface area (Å²) in [6, 6.07) is 11.8. The van der Waals surface area contributed by atoms with Crippen molar-refractivity contribution >= 4 is 5.91 Å². The lowest BCUT2D eigenvalue weighted by Gasteiger charge is -2.12. The molecule has 0 saturated carbocycles. The molecule has 4 nitrogen and oxygen atoms in total. The molecule has 0 unspecified atom stereocenters. The standard InChI is InChI=1S/C14H15N3O/c1-3-14(18)17(2)10-12-9-13(16-15-12)11-7-5-4-6-8-11/h3-9H,1,10H2,2H3,(H,15,16). The van der Waals surface area contributed by atoms with Crippen LogP contribution in [0, 0.1) is 0 Å². The highest BCUT2D eigenvalue weighted by Crippen LogP contribution is 2.17. The van der Waals surface area contributed by atoms with Crippen LogP contribution < -0.4 is 0 Å². The fourth-order valence-electron chi connectivity index (χ4n) is 1.69. The summed E-state index contributed by atoms with van der Waals surface area (Å²) in [4.78, 5) is 12.9. The van der Waals surface area contributed by atoms with Gasteiger partial charge in [-0.2, -0.15) is 5.10 Å². The van der Waals surface area contributed by atoms with Gasteiger partial charge in [0, 0.05) is 12.6 Å². The van der Waals surface area contributed by atoms with Crippen LogP contribution in [0.1, 0.15) is 5.69 Å². The second-order valence-corrected chi connectivity index (χ2v) is 4.04. The Labute approximate surface area is 106 Å². The van der Waals surface area contributed by atoms with Crippen molar-refractivity contribution in [3.8, 4) is 11.3 Å². The SMILES string of the molecule is C=CC(=O)N(C)Cc1cc(-c2ccccc2)n[nH]1. The van der Waals surface area contributed by atoms with Gasteiger partial charge in [0.2, 0.25) is 5.91 Å². The van der Waals surface area contributed by atoms with Gasteiger partial charge in [-0.1, -0.05) is 36.9 Å². The number of aromatic nitrogens is 2. The lowest BCUT2D eigenvalue weighted by Crippen LogP contribution is -2.24. The maximum atomic E-state index is 11.4. The van der Waals surface area contributed by atoms with E-state index in [-0.39, 0.29) is 5.91 Å². The summed E-state index contributed by atoms with van der Waals surface area (Å²) in [5.41, 5.74) is 2.83. The van der Waals surface area contributed by atoms with Crippen molar-refractivity contribution < 1.29 is 4.79 Å². The van der Waals surface area contributed by atoms with Gasteiger partial charge in [0.25, 0.3) is 0 Å². The molecule has 1 heterocycles. The van der Waals surface area contributed by atoms with Crippen LogP contribution in [0.2, 0.25) is 0 Å². The van der Waals surface area contributed by atoms with Crippen molar-refractivity contribution in [2.75, 3.05) is 7.05 Å². The number of nitrogens with zero attached hydrogens (tertiary/aromatic N) is 2. The van der Waals surface area contributed by atoms with Crippen molar-refractivity contribution in [3.63, 3.8) is 0 Å². The summed E-state index contributed by atoms with van der Waals surface area (Å²) in [6.07, 6.45) is 1.30. The molecule has 0 atom stereocenters. The van der Waals surface area contributed by atoms with E-state index in [0.29, 0.717) is 6.54 Å². The molecule has 0 fully saturated rings. The number of carbonyl (C=O) groups is 1. The molecule has 1 N–H and O–H groups in total. The van der Waals surface area contributed by atoms with Crippen molar-refractivity contribution in [2.24, 2.45) is 0 Å². The molecular formula is C14H15N3O. The molecule has 1 amide bonds. The number of hydrogen-bond acceptors (Lipinski definition) is 2. The van der Waals surface area contributed by atoms with E-state index in [4.69, 9.17) is 0 Å². The molecular weight excluding hydrogens is 226 g/mol. The van der Waals surface area contributed by atoms with E-state index in [2.05, 4.69) is 16.8 Å². The average molecular weight is 241 g/mol. The summed E-state index contributed by atoms with van der Waals surface area (Å²) in [6.45, 7) is 3.95. The van der Waals surface area contributed by atoms with Crippen molar-refractivity contribution in [1.82, 2.24) is 15.1 Å². The fourth-order valence-corrected chi connectivity index (χ4v) is 1.69. The maximum Gasteiger partial charge on any atom is 0.246 e. The molecule has 0 spiro atoms. The van der Waals surface area contributed by atoms with Crippen LogP contribution in [0.15, 0.2) is 49.1 Å². The minimum absolute atomic E-state index is 0.106. The number of nitrogens with one attached hydrogen (secondary N) is 1. The number of likely N-dealkylation sites (N-methyl/N-ethyl adjacent to an activating group) is 1. The van der Waals surface area contributed by atoms with Gasteiger partial charge >= 0.3 is 0 Å². The first-order chi connectivity index (χ1) is 8.70. The molecule has 18 heavy (non-hydrogen) atoms. The number of hydrogen-bond donors (Lipinski definition) is 1. The molecule has 92 valence electrons. The van der Waals surface area contributed by atoms with E-state index in [1.165, 1.54) is 6.08 Å². The topological polar surface area (TPSA) is 49.0 Å². The highest BCUT2D eigenvalue weighted by molar-refractivity contribution is 5.86. The van der Waals surface area contributed by atoms with E-state index >= 15 is 0 Å². The van der Waals surface area contributed by atoms with Crippen LogP contribution in [0.3, 0.4) is 0 Å². The number of aromatic amines is 1. The Hall–Kier alpha value is -2.36. The monoisotopic (exact) mass is 241 g/mol. The van der Waals surface area contributed by atoms with Gasteiger partial charge < -0.3 is 4.90 Å². The third-order valence-electron chi connectivity index (χ3n) is 2.66. The Balaban J connectivity index is 2.12. The zero-order chi connectivity index (χ0) is 13.0. The van der Waals surface area contributed by atoms with Crippen molar-refractivity contribution in [1.29, 1.82) is 0 Å². The predicted octanol–water partition coefficient (Wildman–Crippen LogP) is 2.22. The fraction of sp³-hybridized carbons (Fsp3) is 0.143. The summed E-state index contributed by atoms with van der Waals surface area (Å²) in [5, 5.41) is 7.17. The molecule has 0 aliphatic rings. The normalized spacial score (nSPS) is 10.1. The second kappa shape index (κ2) is 5.31. The zero-order valence-corrected chi connectivity index (χ0v) is 10.3. The van der Waals surface area contributed by atoms with Gasteiger partial charge in [0.1, 0.15) is 0 Å². The van der Waals surface area contributed by atoms with E-state index in [0.717, 1.165) is 17.0 Å². The minimum atomic E-state index is -0.106. The third kappa shape index (κ3) is 2.66. The quantitative estimate of drug-likeness (QED) is 0.834. The van der Waals surface area contributed by atoms with Crippen molar-refractivity contribution in [3.05, 3.63) is 54.7 Å². The largest absolute Gasteiger partial charge is 0.336 e. The predicted molar refractivity (Wildman–Crippen MR) is 70.7 cm³/mol. The average Bonchev–Trinajstić information content (AvgIpc) is 2.87. The minimum Gasteiger partial charge on any atom is -0.336 e. The first kappa shape index (κ1) is 12.1. The first-order valence-electron chi connectivity index (χ1n) is 5.68. The highest BCUT2D eigenvalue weighted by atomic mass is 16.2. The molecule has 0 saturated heterocycles. The van der Waals surface area contributed by atoms with Crippen LogP contribution in [0.4, 0.5) is 0 Å². The summed E-state index contributed by atoms with van der Waals surface area (Å²) < 4.78 is 0. The second-order valence-electron chi connectivity index (χ2n) is 4.04. The molecule has 0 bridgehead atoms. The molecule has 1 aromatic carbocycles. The van der Waals surface area contributed by atoms with Gasteiger partial charge in [-0.3, -0.25) is 9.89 Å². The molecule has 0 aliphatic heterocycles. The Morgan fingerprint density at radius 2 is 2.17 bits per heavy atom. The van der Waals surface area contributed by atoms with E-state index in [9.17, 15) is 4.79 Å². The number of carbonyl (C=O) groups excluding carboxylic acids is 1. The molecule has 0 aliphatic carbocycles. The van der Waals surface area contributed by atoms with Gasteiger partial charge in [-0.15, -0.1) is 0 Å². The Bertz CT molecular complexity index is 545. The highest BCUT2D eigenvalue weighted by Gasteiger charge is 2.08. The summed E-state index contributed by atoms with van der Waals surface area (Å²) >= 11 is 0. The molecule has 2 rings (SSSR count). The van der Waals surface area contributed by atoms with Gasteiger partial charge in [0.15, 0.2) is 0 Å². The summed E-state index contributed by atoms with van der Waals surface area (Å²) in [5.74, 6) is -0.106. The lowest BCUT2D eigenvalue weighted by molar-refractivity contribution is -0.125. The van der Waals surface area contributed by atoms with Crippen LogP contribution in [0.25, 0.3) is 11.3 Å². The summed E-state index contributed by atoms with van der Waals surface area (Å²) in [7, 11) is 1.73. The number of rotatable bonds is 4. The van der Waals surface area contributed by atoms with Gasteiger partial charge in [0.05, 0.1) is 17.9 Å². The zero-order valence-electron chi connectivity index (χ0n) is 10.3. The van der Waals surface area contributed by atoms with Crippen LogP contribution in [0.5, 0.6) is 0 Å². The maximum absolute atomic E-state index is 11.4. The number of amides is 1. The number of H-pyrrole nitrogens is 1. The van der Waals surface area contributed by atoms with Crippen LogP contribution in [-0.2, 0) is 11.3 Å². The first-order valence-corrected chi connectivity index (χ1v) is 5.68. The smallest absolute Gasteiger partial charge is 0.246 e. The van der Waals surface area contributed by atoms with E-state index in [1.807, 2.05) is 36.4 Å². The Kier molecular flexibility index (Phi) is 3.57. The Morgan fingerprint density at radius 3 is 2.83 bits per heavy atom.